The first kappa shape index (κ1) is 17.2. The topological polar surface area (TPSA) is 74.6 Å². The molecule has 2 N–H and O–H groups in total. The van der Waals surface area contributed by atoms with Crippen molar-refractivity contribution in [1.82, 2.24) is 0 Å². The van der Waals surface area contributed by atoms with Gasteiger partial charge in [-0.05, 0) is 11.1 Å². The van der Waals surface area contributed by atoms with Crippen molar-refractivity contribution in [2.24, 2.45) is 0 Å². The van der Waals surface area contributed by atoms with Crippen LogP contribution in [-0.2, 0) is 10.1 Å². The lowest BCUT2D eigenvalue weighted by Gasteiger charge is -2.18. The van der Waals surface area contributed by atoms with Crippen LogP contribution in [0.3, 0.4) is 0 Å². The van der Waals surface area contributed by atoms with Crippen molar-refractivity contribution in [3.63, 3.8) is 0 Å². The Balaban J connectivity index is 2.22. The van der Waals surface area contributed by atoms with E-state index in [4.69, 9.17) is 0 Å². The van der Waals surface area contributed by atoms with Gasteiger partial charge in [0.1, 0.15) is 10.6 Å². The van der Waals surface area contributed by atoms with Crippen LogP contribution in [0.4, 0.5) is 0 Å². The van der Waals surface area contributed by atoms with Gasteiger partial charge in [0.15, 0.2) is 0 Å². The van der Waals surface area contributed by atoms with Crippen LogP contribution in [0.1, 0.15) is 24.0 Å². The summed E-state index contributed by atoms with van der Waals surface area (Å²) < 4.78 is 33.6. The van der Waals surface area contributed by atoms with E-state index in [1.807, 2.05) is 43.3 Å². The maximum Gasteiger partial charge on any atom is 0.298 e. The van der Waals surface area contributed by atoms with Gasteiger partial charge in [-0.25, -0.2) is 0 Å². The smallest absolute Gasteiger partial charge is 0.298 e. The van der Waals surface area contributed by atoms with Crippen molar-refractivity contribution in [3.8, 4) is 16.9 Å². The minimum absolute atomic E-state index is 0.230. The molecule has 128 valence electrons. The highest BCUT2D eigenvalue weighted by atomic mass is 32.2. The van der Waals surface area contributed by atoms with Gasteiger partial charge < -0.3 is 5.11 Å². The van der Waals surface area contributed by atoms with E-state index in [0.29, 0.717) is 11.1 Å². The molecular formula is C20H18O4S. The maximum absolute atomic E-state index is 12.0. The zero-order valence-electron chi connectivity index (χ0n) is 13.6. The molecule has 25 heavy (non-hydrogen) atoms. The van der Waals surface area contributed by atoms with Crippen molar-refractivity contribution < 1.29 is 18.1 Å². The Bertz CT molecular complexity index is 981. The Labute approximate surface area is 147 Å². The van der Waals surface area contributed by atoms with Gasteiger partial charge in [0, 0.05) is 17.0 Å². The molecular weight excluding hydrogens is 336 g/mol. The van der Waals surface area contributed by atoms with E-state index in [2.05, 4.69) is 0 Å². The average molecular weight is 354 g/mol. The summed E-state index contributed by atoms with van der Waals surface area (Å²) in [6.07, 6.45) is 0. The molecule has 0 aromatic heterocycles. The second-order valence-corrected chi connectivity index (χ2v) is 7.21. The second kappa shape index (κ2) is 6.70. The molecule has 0 aliphatic rings. The van der Waals surface area contributed by atoms with Gasteiger partial charge >= 0.3 is 0 Å². The van der Waals surface area contributed by atoms with Crippen LogP contribution in [-0.4, -0.2) is 18.1 Å². The summed E-state index contributed by atoms with van der Waals surface area (Å²) in [6.45, 7) is 1.88. The third-order valence-corrected chi connectivity index (χ3v) is 5.20. The Hall–Kier alpha value is -2.63. The number of hydrogen-bond donors (Lipinski definition) is 2. The largest absolute Gasteiger partial charge is 0.506 e. The molecule has 3 aromatic rings. The van der Waals surface area contributed by atoms with Crippen LogP contribution >= 0.6 is 0 Å². The molecule has 3 rings (SSSR count). The molecule has 0 aliphatic heterocycles. The van der Waals surface area contributed by atoms with Crippen LogP contribution in [0.25, 0.3) is 11.1 Å². The third-order valence-electron chi connectivity index (χ3n) is 4.27. The van der Waals surface area contributed by atoms with Gasteiger partial charge in [-0.15, -0.1) is 0 Å². The average Bonchev–Trinajstić information content (AvgIpc) is 2.61. The Morgan fingerprint density at radius 1 is 0.840 bits per heavy atom. The van der Waals surface area contributed by atoms with Gasteiger partial charge in [-0.3, -0.25) is 4.55 Å². The minimum atomic E-state index is -4.60. The van der Waals surface area contributed by atoms with Crippen molar-refractivity contribution in [2.75, 3.05) is 0 Å². The summed E-state index contributed by atoms with van der Waals surface area (Å²) in [7, 11) is -4.60. The first-order chi connectivity index (χ1) is 11.9. The summed E-state index contributed by atoms with van der Waals surface area (Å²) in [6, 6.07) is 21.6. The molecule has 0 saturated carbocycles. The molecule has 0 spiro atoms. The molecule has 0 amide bonds. The van der Waals surface area contributed by atoms with Crippen molar-refractivity contribution in [1.29, 1.82) is 0 Å². The molecule has 0 aliphatic carbocycles. The lowest BCUT2D eigenvalue weighted by atomic mass is 9.91. The van der Waals surface area contributed by atoms with Crippen molar-refractivity contribution >= 4 is 10.1 Å². The van der Waals surface area contributed by atoms with E-state index in [0.717, 1.165) is 5.56 Å². The predicted molar refractivity (Wildman–Crippen MR) is 97.3 cm³/mol. The monoisotopic (exact) mass is 354 g/mol. The van der Waals surface area contributed by atoms with E-state index >= 15 is 0 Å². The predicted octanol–water partition coefficient (Wildman–Crippen LogP) is 4.46. The Kier molecular flexibility index (Phi) is 4.61. The fourth-order valence-corrected chi connectivity index (χ4v) is 3.79. The van der Waals surface area contributed by atoms with Crippen LogP contribution in [0.5, 0.6) is 5.75 Å². The van der Waals surface area contributed by atoms with Crippen LogP contribution in [0, 0.1) is 0 Å². The van der Waals surface area contributed by atoms with Gasteiger partial charge in [0.2, 0.25) is 0 Å². The summed E-state index contributed by atoms with van der Waals surface area (Å²) in [5.74, 6) is -0.647. The Morgan fingerprint density at radius 3 is 1.96 bits per heavy atom. The number of phenolic OH excluding ortho intramolecular Hbond substituents is 1. The van der Waals surface area contributed by atoms with E-state index in [1.54, 1.807) is 36.4 Å². The first-order valence-corrected chi connectivity index (χ1v) is 9.27. The standard InChI is InChI=1S/C20H18O4S/c1-14(15-8-4-2-5-9-15)17-12-13-18(16-10-6-3-7-11-16)20(19(17)21)25(22,23)24/h2-14,21H,1H3,(H,22,23,24). The zero-order chi connectivity index (χ0) is 18.0. The number of phenols is 1. The molecule has 5 heteroatoms. The van der Waals surface area contributed by atoms with E-state index in [1.165, 1.54) is 0 Å². The van der Waals surface area contributed by atoms with Gasteiger partial charge in [0.25, 0.3) is 10.1 Å². The molecule has 4 nitrogen and oxygen atoms in total. The van der Waals surface area contributed by atoms with Gasteiger partial charge in [-0.2, -0.15) is 8.42 Å². The molecule has 0 heterocycles. The summed E-state index contributed by atoms with van der Waals surface area (Å²) >= 11 is 0. The summed E-state index contributed by atoms with van der Waals surface area (Å²) in [5.41, 5.74) is 2.25. The highest BCUT2D eigenvalue weighted by Crippen LogP contribution is 2.40. The van der Waals surface area contributed by atoms with Gasteiger partial charge in [0.05, 0.1) is 0 Å². The fourth-order valence-electron chi connectivity index (χ4n) is 2.96. The van der Waals surface area contributed by atoms with E-state index < -0.39 is 20.8 Å². The highest BCUT2D eigenvalue weighted by Gasteiger charge is 2.26. The fraction of sp³-hybridized carbons (Fsp3) is 0.100. The lowest BCUT2D eigenvalue weighted by Crippen LogP contribution is -2.05. The van der Waals surface area contributed by atoms with Crippen LogP contribution < -0.4 is 0 Å². The van der Waals surface area contributed by atoms with E-state index in [-0.39, 0.29) is 11.5 Å². The zero-order valence-corrected chi connectivity index (χ0v) is 14.4. The molecule has 0 radical (unpaired) electrons. The normalized spacial score (nSPS) is 12.7. The third kappa shape index (κ3) is 3.43. The molecule has 1 atom stereocenters. The molecule has 1 unspecified atom stereocenters. The van der Waals surface area contributed by atoms with Gasteiger partial charge in [-0.1, -0.05) is 79.7 Å². The Morgan fingerprint density at radius 2 is 1.40 bits per heavy atom. The van der Waals surface area contributed by atoms with E-state index in [9.17, 15) is 18.1 Å². The number of aromatic hydroxyl groups is 1. The van der Waals surface area contributed by atoms with Crippen LogP contribution in [0.15, 0.2) is 77.7 Å². The highest BCUT2D eigenvalue weighted by molar-refractivity contribution is 7.86. The molecule has 0 fully saturated rings. The second-order valence-electron chi connectivity index (χ2n) is 5.85. The van der Waals surface area contributed by atoms with Crippen LogP contribution in [0.2, 0.25) is 0 Å². The minimum Gasteiger partial charge on any atom is -0.506 e. The number of benzene rings is 3. The van der Waals surface area contributed by atoms with Crippen molar-refractivity contribution in [2.45, 2.75) is 17.7 Å². The number of rotatable bonds is 4. The first-order valence-electron chi connectivity index (χ1n) is 7.83. The molecule has 3 aromatic carbocycles. The number of hydrogen-bond acceptors (Lipinski definition) is 3. The maximum atomic E-state index is 12.0. The summed E-state index contributed by atoms with van der Waals surface area (Å²) in [4.78, 5) is -0.459. The molecule has 0 saturated heterocycles. The molecule has 0 bridgehead atoms. The van der Waals surface area contributed by atoms with Crippen molar-refractivity contribution in [3.05, 3.63) is 83.9 Å². The lowest BCUT2D eigenvalue weighted by molar-refractivity contribution is 0.437. The SMILES string of the molecule is CC(c1ccccc1)c1ccc(-c2ccccc2)c(S(=O)(=O)O)c1O. The summed E-state index contributed by atoms with van der Waals surface area (Å²) in [5, 5.41) is 10.7. The quantitative estimate of drug-likeness (QED) is 0.679.